The molecule has 3 heterocycles. The van der Waals surface area contributed by atoms with Gasteiger partial charge in [-0.3, -0.25) is 0 Å². The molecule has 0 saturated carbocycles. The van der Waals surface area contributed by atoms with Crippen LogP contribution in [0.25, 0.3) is 99.2 Å². The molecule has 0 amide bonds. The number of rotatable bonds is 4. The summed E-state index contributed by atoms with van der Waals surface area (Å²) in [5, 5.41) is 7.12. The highest BCUT2D eigenvalue weighted by Crippen LogP contribution is 2.48. The highest BCUT2D eigenvalue weighted by molar-refractivity contribution is 6.23. The Hall–Kier alpha value is -6.84. The molecule has 8 aromatic carbocycles. The molecular weight excluding hydrogens is 621 g/mol. The van der Waals surface area contributed by atoms with Gasteiger partial charge in [-0.05, 0) is 53.6 Å². The molecular formula is C48H30N2O. The van der Waals surface area contributed by atoms with Crippen LogP contribution in [0.3, 0.4) is 0 Å². The van der Waals surface area contributed by atoms with E-state index in [2.05, 4.69) is 185 Å². The fraction of sp³-hybridized carbons (Fsp3) is 0. The lowest BCUT2D eigenvalue weighted by Crippen LogP contribution is -1.98. The van der Waals surface area contributed by atoms with Crippen LogP contribution in [0.1, 0.15) is 0 Å². The minimum Gasteiger partial charge on any atom is -0.454 e. The fourth-order valence-electron chi connectivity index (χ4n) is 8.43. The molecule has 3 aromatic heterocycles. The predicted molar refractivity (Wildman–Crippen MR) is 213 cm³/mol. The highest BCUT2D eigenvalue weighted by Gasteiger charge is 2.25. The van der Waals surface area contributed by atoms with E-state index in [1.807, 2.05) is 6.07 Å². The smallest absolute Gasteiger partial charge is 0.159 e. The highest BCUT2D eigenvalue weighted by atomic mass is 16.3. The molecule has 11 rings (SSSR count). The molecule has 0 radical (unpaired) electrons. The summed E-state index contributed by atoms with van der Waals surface area (Å²) in [7, 11) is 0. The van der Waals surface area contributed by atoms with Crippen molar-refractivity contribution in [3.05, 3.63) is 182 Å². The van der Waals surface area contributed by atoms with Crippen LogP contribution < -0.4 is 0 Å². The SMILES string of the molecule is c1ccc(-c2ccc3c(c2-c2cccc4c5ccccc5n(-c5cccc6c5oc5ccccc56)c24)c2ccccc2n3-c2ccccc2)cc1. The molecule has 238 valence electrons. The van der Waals surface area contributed by atoms with Crippen LogP contribution in [0.4, 0.5) is 0 Å². The first-order valence-electron chi connectivity index (χ1n) is 17.5. The fourth-order valence-corrected chi connectivity index (χ4v) is 8.43. The molecule has 11 aromatic rings. The molecule has 0 unspecified atom stereocenters. The molecule has 0 saturated heterocycles. The van der Waals surface area contributed by atoms with Crippen molar-refractivity contribution >= 4 is 65.6 Å². The lowest BCUT2D eigenvalue weighted by molar-refractivity contribution is 0.666. The Labute approximate surface area is 293 Å². The number of fused-ring (bicyclic) bond motifs is 9. The average Bonchev–Trinajstić information content (AvgIpc) is 3.86. The van der Waals surface area contributed by atoms with Crippen molar-refractivity contribution in [2.45, 2.75) is 0 Å². The standard InChI is InChI=1S/C48H30N2O/c1-3-15-31(16-4-1)33-29-30-42-46(38-21-8-11-26-41(38)49(42)32-17-5-2-6-18-32)45(33)39-24-13-22-36-34-19-7-10-25-40(34)50(47(36)39)43-27-14-23-37-35-20-9-12-28-44(35)51-48(37)43/h1-30H. The maximum atomic E-state index is 6.70. The summed E-state index contributed by atoms with van der Waals surface area (Å²) >= 11 is 0. The number of aromatic nitrogens is 2. The van der Waals surface area contributed by atoms with Crippen LogP contribution in [-0.4, -0.2) is 9.13 Å². The van der Waals surface area contributed by atoms with Gasteiger partial charge in [0.25, 0.3) is 0 Å². The third-order valence-corrected chi connectivity index (χ3v) is 10.5. The van der Waals surface area contributed by atoms with E-state index in [4.69, 9.17) is 4.42 Å². The summed E-state index contributed by atoms with van der Waals surface area (Å²) < 4.78 is 11.5. The molecule has 0 atom stereocenters. The maximum Gasteiger partial charge on any atom is 0.159 e. The number of nitrogens with zero attached hydrogens (tertiary/aromatic N) is 2. The van der Waals surface area contributed by atoms with Crippen molar-refractivity contribution in [1.29, 1.82) is 0 Å². The minimum atomic E-state index is 0.887. The minimum absolute atomic E-state index is 0.887. The Balaban J connectivity index is 1.35. The summed E-state index contributed by atoms with van der Waals surface area (Å²) in [6, 6.07) is 65.4. The molecule has 0 spiro atoms. The van der Waals surface area contributed by atoms with Gasteiger partial charge in [0.05, 0.1) is 27.8 Å². The molecule has 0 aliphatic carbocycles. The molecule has 0 bridgehead atoms. The quantitative estimate of drug-likeness (QED) is 0.186. The maximum absolute atomic E-state index is 6.70. The van der Waals surface area contributed by atoms with Gasteiger partial charge in [-0.1, -0.05) is 140 Å². The lowest BCUT2D eigenvalue weighted by Gasteiger charge is -2.17. The monoisotopic (exact) mass is 650 g/mol. The first-order chi connectivity index (χ1) is 25.3. The average molecular weight is 651 g/mol. The van der Waals surface area contributed by atoms with Crippen LogP contribution in [0, 0.1) is 0 Å². The number of hydrogen-bond donors (Lipinski definition) is 0. The zero-order valence-electron chi connectivity index (χ0n) is 27.6. The van der Waals surface area contributed by atoms with Gasteiger partial charge in [-0.25, -0.2) is 0 Å². The van der Waals surface area contributed by atoms with Crippen LogP contribution in [-0.2, 0) is 0 Å². The normalized spacial score (nSPS) is 11.9. The Kier molecular flexibility index (Phi) is 5.96. The Bertz CT molecular complexity index is 3130. The summed E-state index contributed by atoms with van der Waals surface area (Å²) in [6.45, 7) is 0. The molecule has 0 aliphatic heterocycles. The number of furan rings is 1. The van der Waals surface area contributed by atoms with Gasteiger partial charge < -0.3 is 13.6 Å². The summed E-state index contributed by atoms with van der Waals surface area (Å²) in [4.78, 5) is 0. The van der Waals surface area contributed by atoms with E-state index in [9.17, 15) is 0 Å². The van der Waals surface area contributed by atoms with Gasteiger partial charge in [0.1, 0.15) is 5.58 Å². The Morgan fingerprint density at radius 2 is 1.00 bits per heavy atom. The Morgan fingerprint density at radius 1 is 0.373 bits per heavy atom. The van der Waals surface area contributed by atoms with Crippen molar-refractivity contribution in [2.24, 2.45) is 0 Å². The van der Waals surface area contributed by atoms with Crippen LogP contribution in [0.5, 0.6) is 0 Å². The van der Waals surface area contributed by atoms with Crippen LogP contribution >= 0.6 is 0 Å². The van der Waals surface area contributed by atoms with Crippen molar-refractivity contribution in [2.75, 3.05) is 0 Å². The second kappa shape index (κ2) is 10.8. The third-order valence-electron chi connectivity index (χ3n) is 10.5. The van der Waals surface area contributed by atoms with E-state index in [0.29, 0.717) is 0 Å². The second-order valence-corrected chi connectivity index (χ2v) is 13.2. The van der Waals surface area contributed by atoms with Crippen molar-refractivity contribution in [1.82, 2.24) is 9.13 Å². The van der Waals surface area contributed by atoms with E-state index in [1.165, 1.54) is 54.8 Å². The van der Waals surface area contributed by atoms with E-state index < -0.39 is 0 Å². The largest absolute Gasteiger partial charge is 0.454 e. The van der Waals surface area contributed by atoms with E-state index in [0.717, 1.165) is 44.3 Å². The van der Waals surface area contributed by atoms with Crippen molar-refractivity contribution in [3.8, 4) is 33.6 Å². The number of para-hydroxylation sites is 6. The summed E-state index contributed by atoms with van der Waals surface area (Å²) in [6.07, 6.45) is 0. The predicted octanol–water partition coefficient (Wildman–Crippen LogP) is 13.1. The molecule has 51 heavy (non-hydrogen) atoms. The van der Waals surface area contributed by atoms with E-state index >= 15 is 0 Å². The van der Waals surface area contributed by atoms with Gasteiger partial charge >= 0.3 is 0 Å². The first kappa shape index (κ1) is 28.0. The first-order valence-corrected chi connectivity index (χ1v) is 17.5. The van der Waals surface area contributed by atoms with Crippen LogP contribution in [0.15, 0.2) is 186 Å². The topological polar surface area (TPSA) is 23.0 Å². The molecule has 3 nitrogen and oxygen atoms in total. The number of hydrogen-bond acceptors (Lipinski definition) is 1. The summed E-state index contributed by atoms with van der Waals surface area (Å²) in [5.74, 6) is 0. The van der Waals surface area contributed by atoms with Crippen LogP contribution in [0.2, 0.25) is 0 Å². The molecule has 0 N–H and O–H groups in total. The van der Waals surface area contributed by atoms with E-state index in [1.54, 1.807) is 0 Å². The molecule has 3 heteroatoms. The molecule has 0 aliphatic rings. The zero-order valence-corrected chi connectivity index (χ0v) is 27.6. The van der Waals surface area contributed by atoms with Crippen molar-refractivity contribution in [3.63, 3.8) is 0 Å². The van der Waals surface area contributed by atoms with Crippen molar-refractivity contribution < 1.29 is 4.42 Å². The zero-order chi connectivity index (χ0) is 33.5. The Morgan fingerprint density at radius 3 is 1.82 bits per heavy atom. The second-order valence-electron chi connectivity index (χ2n) is 13.2. The van der Waals surface area contributed by atoms with Gasteiger partial charge in [0.15, 0.2) is 5.58 Å². The van der Waals surface area contributed by atoms with Gasteiger partial charge in [0.2, 0.25) is 0 Å². The lowest BCUT2D eigenvalue weighted by atomic mass is 9.89. The third kappa shape index (κ3) is 4.00. The van der Waals surface area contributed by atoms with Gasteiger partial charge in [0, 0.05) is 49.1 Å². The van der Waals surface area contributed by atoms with Gasteiger partial charge in [-0.2, -0.15) is 0 Å². The molecule has 0 fully saturated rings. The van der Waals surface area contributed by atoms with E-state index in [-0.39, 0.29) is 0 Å². The number of benzene rings is 8. The van der Waals surface area contributed by atoms with Gasteiger partial charge in [-0.15, -0.1) is 0 Å². The summed E-state index contributed by atoms with van der Waals surface area (Å²) in [5.41, 5.74) is 13.4.